The van der Waals surface area contributed by atoms with Crippen LogP contribution in [0.3, 0.4) is 0 Å². The lowest BCUT2D eigenvalue weighted by atomic mass is 9.79. The Morgan fingerprint density at radius 3 is 2.16 bits per heavy atom. The number of rotatable bonds is 15. The molecule has 3 aliphatic rings. The van der Waals surface area contributed by atoms with Crippen molar-refractivity contribution in [2.45, 2.75) is 147 Å². The van der Waals surface area contributed by atoms with Crippen LogP contribution < -0.4 is 0 Å². The Bertz CT molecular complexity index is 1650. The third-order valence-corrected chi connectivity index (χ3v) is 12.6. The maximum absolute atomic E-state index is 14.3. The van der Waals surface area contributed by atoms with Gasteiger partial charge in [0.1, 0.15) is 36.8 Å². The fourth-order valence-electron chi connectivity index (χ4n) is 8.88. The molecule has 0 saturated carbocycles. The van der Waals surface area contributed by atoms with E-state index in [0.717, 1.165) is 17.4 Å². The summed E-state index contributed by atoms with van der Waals surface area (Å²) in [6.07, 6.45) is -0.524. The molecule has 1 aromatic carbocycles. The number of hydrogen-bond acceptors (Lipinski definition) is 15. The third kappa shape index (κ3) is 14.4. The minimum Gasteiger partial charge on any atom is -0.462 e. The second-order valence-electron chi connectivity index (χ2n) is 17.5. The van der Waals surface area contributed by atoms with Gasteiger partial charge in [0.2, 0.25) is 0 Å². The number of nitrogens with zero attached hydrogens (tertiary/aromatic N) is 1. The van der Waals surface area contributed by atoms with Crippen LogP contribution in [0.4, 0.5) is 0 Å². The zero-order valence-electron chi connectivity index (χ0n) is 38.7. The summed E-state index contributed by atoms with van der Waals surface area (Å²) in [4.78, 5) is 42.2. The highest BCUT2D eigenvalue weighted by Gasteiger charge is 2.48. The van der Waals surface area contributed by atoms with Gasteiger partial charge in [0.05, 0.1) is 56.2 Å². The van der Waals surface area contributed by atoms with Crippen molar-refractivity contribution in [2.75, 3.05) is 41.5 Å². The van der Waals surface area contributed by atoms with E-state index in [4.69, 9.17) is 37.9 Å². The molecule has 0 amide bonds. The zero-order chi connectivity index (χ0) is 46.4. The first kappa shape index (κ1) is 52.4. The minimum atomic E-state index is -1.29. The van der Waals surface area contributed by atoms with Gasteiger partial charge in [0.15, 0.2) is 18.4 Å². The molecule has 15 nitrogen and oxygen atoms in total. The zero-order valence-corrected chi connectivity index (χ0v) is 38.7. The summed E-state index contributed by atoms with van der Waals surface area (Å²) in [5.41, 5.74) is 1.68. The van der Waals surface area contributed by atoms with Crippen molar-refractivity contribution in [3.63, 3.8) is 0 Å². The Balaban J connectivity index is 1.74. The van der Waals surface area contributed by atoms with Crippen LogP contribution >= 0.6 is 0 Å². The summed E-state index contributed by atoms with van der Waals surface area (Å²) >= 11 is 0. The van der Waals surface area contributed by atoms with Crippen LogP contribution in [0.15, 0.2) is 60.2 Å². The van der Waals surface area contributed by atoms with Crippen LogP contribution in [-0.4, -0.2) is 159 Å². The van der Waals surface area contributed by atoms with Gasteiger partial charge in [-0.15, -0.1) is 0 Å². The highest BCUT2D eigenvalue weighted by atomic mass is 16.7. The van der Waals surface area contributed by atoms with Gasteiger partial charge in [0.25, 0.3) is 0 Å². The second kappa shape index (κ2) is 25.5. The molecule has 15 heteroatoms. The SMILES string of the molecule is CC[C@H]1OC(=O)C[C@@H](OC/C=C/c2ccccc2)[C@H](C)[C@@H](O[C@@H]2O[C@H](C)[C@@H](O)[C@H](N(C)C)[C@H]2O)[C@@H](CC=O)C[C@@H](C)C(=O)/C=C/C(C)=C/[C@@H]1CO[C@@H]1O[C@H](C)[C@@H](O)[C@@H](OC)[C@H]1OC. The maximum atomic E-state index is 14.3. The van der Waals surface area contributed by atoms with E-state index in [-0.39, 0.29) is 38.3 Å². The maximum Gasteiger partial charge on any atom is 0.308 e. The molecule has 63 heavy (non-hydrogen) atoms. The Morgan fingerprint density at radius 2 is 1.52 bits per heavy atom. The van der Waals surface area contributed by atoms with Gasteiger partial charge in [-0.05, 0) is 65.3 Å². The van der Waals surface area contributed by atoms with Gasteiger partial charge in [-0.25, -0.2) is 0 Å². The molecule has 1 aromatic rings. The Hall–Kier alpha value is -3.19. The molecule has 3 aliphatic heterocycles. The fourth-order valence-corrected chi connectivity index (χ4v) is 8.88. The second-order valence-corrected chi connectivity index (χ2v) is 17.5. The molecule has 0 radical (unpaired) electrons. The largest absolute Gasteiger partial charge is 0.462 e. The number of hydrogen-bond donors (Lipinski definition) is 3. The van der Waals surface area contributed by atoms with Crippen molar-refractivity contribution in [1.82, 2.24) is 4.90 Å². The smallest absolute Gasteiger partial charge is 0.308 e. The molecule has 0 spiro atoms. The number of allylic oxidation sites excluding steroid dienone is 3. The number of aliphatic hydroxyl groups excluding tert-OH is 3. The monoisotopic (exact) mass is 888 g/mol. The van der Waals surface area contributed by atoms with Crippen LogP contribution in [0.5, 0.6) is 0 Å². The Kier molecular flexibility index (Phi) is 21.2. The van der Waals surface area contributed by atoms with Crippen molar-refractivity contribution in [2.24, 2.45) is 23.7 Å². The first-order valence-electron chi connectivity index (χ1n) is 22.3. The van der Waals surface area contributed by atoms with Crippen molar-refractivity contribution in [3.8, 4) is 0 Å². The van der Waals surface area contributed by atoms with E-state index in [0.29, 0.717) is 6.42 Å². The predicted molar refractivity (Wildman–Crippen MR) is 235 cm³/mol. The standard InChI is InChI=1S/C48H73NO14/c1-11-37-35(27-59-48-46(57-10)45(56-9)42(54)32(6)61-48)24-28(2)19-20-36(51)29(3)25-34(21-22-50)44(63-47-43(55)40(49(7)8)41(53)31(5)60-47)30(4)38(26-39(52)62-37)58-23-15-18-33-16-13-12-14-17-33/h12-20,22,24,29-32,34-35,37-38,40-48,53-55H,11,21,23,25-27H2,1-10H3/b18-15+,20-19+,28-24+/t29-,30+,31-,32-,34+,35-,37-,38-,40+,41-,42-,43-,44-,45-,46-,47+,48-/m1/s1. The van der Waals surface area contributed by atoms with Crippen LogP contribution in [0.1, 0.15) is 72.8 Å². The number of aldehydes is 1. The van der Waals surface area contributed by atoms with Gasteiger partial charge >= 0.3 is 5.97 Å². The number of carbonyl (C=O) groups is 3. The van der Waals surface area contributed by atoms with E-state index in [9.17, 15) is 29.7 Å². The Labute approximate surface area is 373 Å². The molecule has 3 heterocycles. The molecule has 17 atom stereocenters. The Morgan fingerprint density at radius 1 is 0.857 bits per heavy atom. The number of cyclic esters (lactones) is 1. The summed E-state index contributed by atoms with van der Waals surface area (Å²) in [6.45, 7) is 11.0. The molecule has 354 valence electrons. The normalized spacial score (nSPS) is 39.1. The van der Waals surface area contributed by atoms with Crippen LogP contribution in [0.25, 0.3) is 6.08 Å². The van der Waals surface area contributed by atoms with Crippen molar-refractivity contribution < 1.29 is 67.6 Å². The van der Waals surface area contributed by atoms with Gasteiger partial charge in [-0.1, -0.05) is 81.0 Å². The molecular weight excluding hydrogens is 815 g/mol. The van der Waals surface area contributed by atoms with E-state index >= 15 is 0 Å². The van der Waals surface area contributed by atoms with E-state index < -0.39 is 109 Å². The summed E-state index contributed by atoms with van der Waals surface area (Å²) < 4.78 is 49.3. The van der Waals surface area contributed by atoms with Gasteiger partial charge in [0, 0.05) is 38.4 Å². The first-order valence-corrected chi connectivity index (χ1v) is 22.3. The number of ether oxygens (including phenoxy) is 8. The topological polar surface area (TPSA) is 189 Å². The van der Waals surface area contributed by atoms with Crippen molar-refractivity contribution >= 4 is 24.1 Å². The molecule has 3 N–H and O–H groups in total. The van der Waals surface area contributed by atoms with Crippen LogP contribution in [0.2, 0.25) is 0 Å². The molecule has 4 rings (SSSR count). The number of methoxy groups -OCH3 is 2. The van der Waals surface area contributed by atoms with E-state index in [1.165, 1.54) is 20.3 Å². The third-order valence-electron chi connectivity index (χ3n) is 12.6. The van der Waals surface area contributed by atoms with Gasteiger partial charge in [-0.3, -0.25) is 9.59 Å². The van der Waals surface area contributed by atoms with E-state index in [1.807, 2.05) is 69.3 Å². The predicted octanol–water partition coefficient (Wildman–Crippen LogP) is 4.30. The number of esters is 1. The summed E-state index contributed by atoms with van der Waals surface area (Å²) in [6, 6.07) is 8.96. The lowest BCUT2D eigenvalue weighted by molar-refractivity contribution is -0.304. The molecular formula is C48H73NO14. The molecule has 2 fully saturated rings. The highest BCUT2D eigenvalue weighted by molar-refractivity contribution is 5.91. The first-order chi connectivity index (χ1) is 30.0. The minimum absolute atomic E-state index is 0.00947. The number of aliphatic hydroxyl groups is 3. The van der Waals surface area contributed by atoms with Gasteiger partial charge < -0.3 is 62.9 Å². The summed E-state index contributed by atoms with van der Waals surface area (Å²) in [5.74, 6) is -2.99. The lowest BCUT2D eigenvalue weighted by Crippen LogP contribution is -2.63. The average molecular weight is 888 g/mol. The van der Waals surface area contributed by atoms with E-state index in [1.54, 1.807) is 45.8 Å². The summed E-state index contributed by atoms with van der Waals surface area (Å²) in [5, 5.41) is 33.3. The average Bonchev–Trinajstić information content (AvgIpc) is 3.25. The number of carbonyl (C=O) groups excluding carboxylic acids is 3. The van der Waals surface area contributed by atoms with E-state index in [2.05, 4.69) is 0 Å². The number of likely N-dealkylation sites (N-methyl/N-ethyl adjacent to an activating group) is 1. The number of benzene rings is 1. The van der Waals surface area contributed by atoms with Crippen LogP contribution in [0, 0.1) is 23.7 Å². The highest BCUT2D eigenvalue weighted by Crippen LogP contribution is 2.35. The van der Waals surface area contributed by atoms with Gasteiger partial charge in [-0.2, -0.15) is 0 Å². The number of ketones is 1. The van der Waals surface area contributed by atoms with Crippen molar-refractivity contribution in [1.29, 1.82) is 0 Å². The summed E-state index contributed by atoms with van der Waals surface area (Å²) in [7, 11) is 6.46. The van der Waals surface area contributed by atoms with Crippen LogP contribution in [-0.2, 0) is 52.3 Å². The lowest BCUT2D eigenvalue weighted by Gasteiger charge is -2.46. The molecule has 2 saturated heterocycles. The molecule has 0 aromatic heterocycles. The fraction of sp³-hybridized carbons (Fsp3) is 0.688. The molecule has 0 aliphatic carbocycles. The molecule has 0 unspecified atom stereocenters. The van der Waals surface area contributed by atoms with Crippen molar-refractivity contribution in [3.05, 3.63) is 65.8 Å². The molecule has 0 bridgehead atoms. The quantitative estimate of drug-likeness (QED) is 0.167.